The second kappa shape index (κ2) is 12.4. The van der Waals surface area contributed by atoms with Crippen molar-refractivity contribution in [2.75, 3.05) is 11.9 Å². The lowest BCUT2D eigenvalue weighted by atomic mass is 10.1. The molecule has 0 saturated heterocycles. The first-order valence-electron chi connectivity index (χ1n) is 7.82. The molecule has 0 spiro atoms. The molecule has 0 saturated carbocycles. The van der Waals surface area contributed by atoms with Crippen LogP contribution in [0.5, 0.6) is 0 Å². The van der Waals surface area contributed by atoms with E-state index < -0.39 is 0 Å². The average Bonchev–Trinajstić information content (AvgIpc) is 2.46. The van der Waals surface area contributed by atoms with E-state index in [9.17, 15) is 4.79 Å². The summed E-state index contributed by atoms with van der Waals surface area (Å²) in [4.78, 5) is 11.8. The topological polar surface area (TPSA) is 64.3 Å². The first kappa shape index (κ1) is 20.9. The fraction of sp³-hybridized carbons (Fsp3) is 0.588. The second-order valence-corrected chi connectivity index (χ2v) is 5.56. The van der Waals surface area contributed by atoms with Gasteiger partial charge in [-0.1, -0.05) is 25.0 Å². The van der Waals surface area contributed by atoms with E-state index in [1.165, 1.54) is 0 Å². The van der Waals surface area contributed by atoms with Gasteiger partial charge in [-0.15, -0.1) is 12.4 Å². The Labute approximate surface area is 140 Å². The zero-order valence-corrected chi connectivity index (χ0v) is 14.5. The van der Waals surface area contributed by atoms with Gasteiger partial charge in [0.05, 0.1) is 12.7 Å². The predicted molar refractivity (Wildman–Crippen MR) is 94.4 cm³/mol. The van der Waals surface area contributed by atoms with Crippen LogP contribution < -0.4 is 11.1 Å². The van der Waals surface area contributed by atoms with E-state index in [4.69, 9.17) is 10.5 Å². The molecular formula is C17H29ClN2O2. The molecule has 4 nitrogen and oxygen atoms in total. The van der Waals surface area contributed by atoms with Gasteiger partial charge >= 0.3 is 0 Å². The summed E-state index contributed by atoms with van der Waals surface area (Å²) in [6.45, 7) is 5.37. The lowest BCUT2D eigenvalue weighted by molar-refractivity contribution is -0.116. The number of hydrogen-bond acceptors (Lipinski definition) is 3. The molecule has 0 fully saturated rings. The number of nitrogens with two attached hydrogens (primary N) is 1. The molecule has 0 aliphatic heterocycles. The van der Waals surface area contributed by atoms with Gasteiger partial charge in [-0.05, 0) is 50.9 Å². The van der Waals surface area contributed by atoms with Crippen LogP contribution in [0.15, 0.2) is 24.3 Å². The highest BCUT2D eigenvalue weighted by Gasteiger charge is 2.03. The lowest BCUT2D eigenvalue weighted by Crippen LogP contribution is -2.11. The number of hydrogen-bond donors (Lipinski definition) is 2. The molecule has 3 N–H and O–H groups in total. The van der Waals surface area contributed by atoms with Gasteiger partial charge in [0.25, 0.3) is 0 Å². The number of halogens is 1. The smallest absolute Gasteiger partial charge is 0.224 e. The van der Waals surface area contributed by atoms with Crippen molar-refractivity contribution in [2.45, 2.75) is 58.7 Å². The minimum Gasteiger partial charge on any atom is -0.374 e. The highest BCUT2D eigenvalue weighted by Crippen LogP contribution is 2.12. The Morgan fingerprint density at radius 2 is 1.77 bits per heavy atom. The van der Waals surface area contributed by atoms with E-state index >= 15 is 0 Å². The number of ether oxygens (including phenoxy) is 1. The third-order valence-corrected chi connectivity index (χ3v) is 3.18. The summed E-state index contributed by atoms with van der Waals surface area (Å²) in [6.07, 6.45) is 4.93. The fourth-order valence-corrected chi connectivity index (χ4v) is 1.95. The van der Waals surface area contributed by atoms with Crippen molar-refractivity contribution < 1.29 is 9.53 Å². The van der Waals surface area contributed by atoms with Gasteiger partial charge in [0, 0.05) is 12.1 Å². The number of carbonyl (C=O) groups is 1. The summed E-state index contributed by atoms with van der Waals surface area (Å²) in [7, 11) is 0. The molecule has 0 aliphatic rings. The maximum atomic E-state index is 11.8. The van der Waals surface area contributed by atoms with Gasteiger partial charge in [-0.3, -0.25) is 4.79 Å². The maximum Gasteiger partial charge on any atom is 0.224 e. The fourth-order valence-electron chi connectivity index (χ4n) is 1.95. The Hall–Kier alpha value is -1.10. The van der Waals surface area contributed by atoms with Crippen molar-refractivity contribution in [2.24, 2.45) is 5.73 Å². The van der Waals surface area contributed by atoms with E-state index in [0.717, 1.165) is 43.5 Å². The van der Waals surface area contributed by atoms with Crippen LogP contribution >= 0.6 is 12.4 Å². The molecule has 0 atom stereocenters. The maximum absolute atomic E-state index is 11.8. The van der Waals surface area contributed by atoms with Crippen LogP contribution in [0.1, 0.15) is 51.5 Å². The van der Waals surface area contributed by atoms with E-state index in [1.807, 2.05) is 38.1 Å². The van der Waals surface area contributed by atoms with Crippen LogP contribution in [0.4, 0.5) is 5.69 Å². The molecule has 0 aliphatic carbocycles. The number of benzene rings is 1. The Morgan fingerprint density at radius 1 is 1.14 bits per heavy atom. The molecule has 0 bridgehead atoms. The van der Waals surface area contributed by atoms with Crippen LogP contribution in [-0.4, -0.2) is 18.6 Å². The molecule has 0 unspecified atom stereocenters. The van der Waals surface area contributed by atoms with Crippen molar-refractivity contribution in [1.82, 2.24) is 0 Å². The minimum absolute atomic E-state index is 0. The molecule has 1 aromatic rings. The Balaban J connectivity index is 0.00000441. The van der Waals surface area contributed by atoms with E-state index in [1.54, 1.807) is 0 Å². The molecule has 0 aromatic heterocycles. The third-order valence-electron chi connectivity index (χ3n) is 3.18. The Bertz CT molecular complexity index is 408. The molecule has 22 heavy (non-hydrogen) atoms. The minimum atomic E-state index is 0. The highest BCUT2D eigenvalue weighted by molar-refractivity contribution is 5.90. The Kier molecular flexibility index (Phi) is 11.8. The van der Waals surface area contributed by atoms with Crippen LogP contribution in [0, 0.1) is 0 Å². The molecule has 1 aromatic carbocycles. The van der Waals surface area contributed by atoms with Crippen LogP contribution in [0.2, 0.25) is 0 Å². The molecule has 0 radical (unpaired) electrons. The normalized spacial score (nSPS) is 10.4. The predicted octanol–water partition coefficient (Wildman–Crippen LogP) is 3.88. The van der Waals surface area contributed by atoms with Crippen molar-refractivity contribution in [3.8, 4) is 0 Å². The van der Waals surface area contributed by atoms with Gasteiger partial charge in [0.2, 0.25) is 5.91 Å². The van der Waals surface area contributed by atoms with E-state index in [-0.39, 0.29) is 24.4 Å². The third kappa shape index (κ3) is 9.77. The zero-order valence-electron chi connectivity index (χ0n) is 13.6. The van der Waals surface area contributed by atoms with Crippen molar-refractivity contribution in [3.63, 3.8) is 0 Å². The number of carbonyl (C=O) groups excluding carboxylic acids is 1. The summed E-state index contributed by atoms with van der Waals surface area (Å²) in [6, 6.07) is 7.81. The van der Waals surface area contributed by atoms with Gasteiger partial charge in [0.1, 0.15) is 0 Å². The van der Waals surface area contributed by atoms with Crippen LogP contribution in [0.3, 0.4) is 0 Å². The quantitative estimate of drug-likeness (QED) is 0.640. The zero-order chi connectivity index (χ0) is 15.5. The molecule has 1 rings (SSSR count). The van der Waals surface area contributed by atoms with Gasteiger partial charge < -0.3 is 15.8 Å². The van der Waals surface area contributed by atoms with Gasteiger partial charge in [-0.25, -0.2) is 0 Å². The largest absolute Gasteiger partial charge is 0.374 e. The van der Waals surface area contributed by atoms with Crippen molar-refractivity contribution >= 4 is 24.0 Å². The van der Waals surface area contributed by atoms with Crippen LogP contribution in [0.25, 0.3) is 0 Å². The lowest BCUT2D eigenvalue weighted by Gasteiger charge is -2.09. The average molecular weight is 329 g/mol. The highest BCUT2D eigenvalue weighted by atomic mass is 35.5. The number of anilines is 1. The first-order chi connectivity index (χ1) is 10.1. The van der Waals surface area contributed by atoms with E-state index in [2.05, 4.69) is 5.32 Å². The molecule has 1 amide bonds. The number of unbranched alkanes of at least 4 members (excludes halogenated alkanes) is 3. The van der Waals surface area contributed by atoms with Crippen molar-refractivity contribution in [1.29, 1.82) is 0 Å². The number of nitrogens with one attached hydrogen (secondary N) is 1. The van der Waals surface area contributed by atoms with Crippen molar-refractivity contribution in [3.05, 3.63) is 29.8 Å². The second-order valence-electron chi connectivity index (χ2n) is 5.56. The standard InChI is InChI=1S/C17H28N2O2.ClH/c1-14(2)21-13-15-8-10-16(11-9-15)19-17(20)7-5-3-4-6-12-18;/h8-11,14H,3-7,12-13,18H2,1-2H3,(H,19,20);1H. The van der Waals surface area contributed by atoms with E-state index in [0.29, 0.717) is 13.0 Å². The summed E-state index contributed by atoms with van der Waals surface area (Å²) in [5.74, 6) is 0.0777. The summed E-state index contributed by atoms with van der Waals surface area (Å²) in [5, 5.41) is 2.92. The molecule has 126 valence electrons. The molecule has 0 heterocycles. The van der Waals surface area contributed by atoms with Gasteiger partial charge in [0.15, 0.2) is 0 Å². The number of amides is 1. The summed E-state index contributed by atoms with van der Waals surface area (Å²) >= 11 is 0. The Morgan fingerprint density at radius 3 is 2.36 bits per heavy atom. The molecule has 5 heteroatoms. The summed E-state index contributed by atoms with van der Waals surface area (Å²) < 4.78 is 5.54. The SMILES string of the molecule is CC(C)OCc1ccc(NC(=O)CCCCCCN)cc1.Cl. The van der Waals surface area contributed by atoms with Gasteiger partial charge in [-0.2, -0.15) is 0 Å². The molecular weight excluding hydrogens is 300 g/mol. The number of rotatable bonds is 10. The summed E-state index contributed by atoms with van der Waals surface area (Å²) in [5.41, 5.74) is 7.39. The first-order valence-corrected chi connectivity index (χ1v) is 7.82. The van der Waals surface area contributed by atoms with Crippen LogP contribution in [-0.2, 0) is 16.1 Å². The monoisotopic (exact) mass is 328 g/mol.